The molecule has 208 valence electrons. The molecule has 1 unspecified atom stereocenters. The van der Waals surface area contributed by atoms with Crippen molar-refractivity contribution in [1.29, 1.82) is 0 Å². The van der Waals surface area contributed by atoms with Gasteiger partial charge in [-0.2, -0.15) is 19.4 Å². The minimum atomic E-state index is -0.160. The van der Waals surface area contributed by atoms with Gasteiger partial charge in [0.05, 0.1) is 6.54 Å². The largest absolute Gasteiger partial charge is 0.195 e. The average molecular weight is 582 g/mol. The number of fused-ring (bicyclic) bond motifs is 2. The van der Waals surface area contributed by atoms with Crippen LogP contribution in [0.25, 0.3) is 42.0 Å². The second-order valence-corrected chi connectivity index (χ2v) is 13.6. The summed E-state index contributed by atoms with van der Waals surface area (Å²) >= 11 is 4.60. The first kappa shape index (κ1) is 28.4. The van der Waals surface area contributed by atoms with Gasteiger partial charge < -0.3 is 0 Å². The van der Waals surface area contributed by atoms with Crippen molar-refractivity contribution in [3.8, 4) is 20.9 Å². The Balaban J connectivity index is 1.49. The Hall–Kier alpha value is -2.09. The van der Waals surface area contributed by atoms with E-state index in [9.17, 15) is 4.39 Å². The van der Waals surface area contributed by atoms with Gasteiger partial charge in [-0.1, -0.05) is 90.2 Å². The van der Waals surface area contributed by atoms with E-state index in [-0.39, 0.29) is 5.13 Å². The summed E-state index contributed by atoms with van der Waals surface area (Å²) in [5.74, 6) is 0.587. The number of thiophene rings is 3. The van der Waals surface area contributed by atoms with E-state index in [2.05, 4.69) is 48.9 Å². The maximum absolute atomic E-state index is 14.7. The molecule has 0 aliphatic rings. The molecule has 5 aromatic rings. The highest BCUT2D eigenvalue weighted by Crippen LogP contribution is 2.47. The van der Waals surface area contributed by atoms with Gasteiger partial charge in [-0.05, 0) is 47.7 Å². The Morgan fingerprint density at radius 3 is 1.95 bits per heavy atom. The second-order valence-electron chi connectivity index (χ2n) is 10.7. The summed E-state index contributed by atoms with van der Waals surface area (Å²) in [6, 6.07) is 10.1. The summed E-state index contributed by atoms with van der Waals surface area (Å²) in [6.07, 6.45) is 15.6. The van der Waals surface area contributed by atoms with Crippen LogP contribution in [0.3, 0.4) is 0 Å². The van der Waals surface area contributed by atoms with E-state index >= 15 is 0 Å². The third-order valence-electron chi connectivity index (χ3n) is 7.72. The van der Waals surface area contributed by atoms with E-state index in [1.807, 2.05) is 4.80 Å². The molecule has 3 nitrogen and oxygen atoms in total. The molecule has 0 aliphatic carbocycles. The quantitative estimate of drug-likeness (QED) is 0.109. The molecule has 0 saturated carbocycles. The summed E-state index contributed by atoms with van der Waals surface area (Å²) in [5, 5.41) is 15.3. The zero-order valence-electron chi connectivity index (χ0n) is 23.3. The topological polar surface area (TPSA) is 30.7 Å². The molecule has 0 bridgehead atoms. The lowest BCUT2D eigenvalue weighted by atomic mass is 9.94. The minimum Gasteiger partial charge on any atom is -0.195 e. The SMILES string of the molecule is CCCCCCCCC(CCCCCC)Cn1nc2c(-c3cccs3)c3cc(F)sc3c(-c3cccs3)c2n1. The number of aromatic nitrogens is 3. The molecule has 7 heteroatoms. The lowest BCUT2D eigenvalue weighted by Crippen LogP contribution is -2.13. The van der Waals surface area contributed by atoms with Crippen LogP contribution in [0.2, 0.25) is 0 Å². The fourth-order valence-electron chi connectivity index (χ4n) is 5.68. The van der Waals surface area contributed by atoms with E-state index in [0.717, 1.165) is 48.5 Å². The van der Waals surface area contributed by atoms with Crippen LogP contribution < -0.4 is 0 Å². The first-order valence-electron chi connectivity index (χ1n) is 14.8. The summed E-state index contributed by atoms with van der Waals surface area (Å²) in [5.41, 5.74) is 3.86. The standard InChI is InChI=1S/C32H40FN3S3/c1-3-5-7-9-10-12-16-23(15-11-8-6-4-2)22-36-34-30-28(25-17-13-19-37-25)24-21-27(33)39-32(24)29(31(30)35-36)26-18-14-20-38-26/h13-14,17-21,23H,3-12,15-16,22H2,1-2H3. The van der Waals surface area contributed by atoms with Crippen molar-refractivity contribution in [2.75, 3.05) is 0 Å². The Labute approximate surface area is 244 Å². The van der Waals surface area contributed by atoms with Crippen molar-refractivity contribution in [2.45, 2.75) is 97.4 Å². The maximum Gasteiger partial charge on any atom is 0.177 e. The highest BCUT2D eigenvalue weighted by Gasteiger charge is 2.24. The normalized spacial score (nSPS) is 12.7. The molecule has 39 heavy (non-hydrogen) atoms. The molecule has 0 N–H and O–H groups in total. The van der Waals surface area contributed by atoms with E-state index in [4.69, 9.17) is 10.2 Å². The van der Waals surface area contributed by atoms with E-state index in [1.165, 1.54) is 88.4 Å². The molecule has 5 rings (SSSR count). The van der Waals surface area contributed by atoms with Crippen LogP contribution in [0.15, 0.2) is 41.1 Å². The number of nitrogens with zero attached hydrogens (tertiary/aromatic N) is 3. The minimum absolute atomic E-state index is 0.160. The first-order chi connectivity index (χ1) is 19.2. The van der Waals surface area contributed by atoms with E-state index in [0.29, 0.717) is 5.92 Å². The molecule has 4 aromatic heterocycles. The summed E-state index contributed by atoms with van der Waals surface area (Å²) in [7, 11) is 0. The van der Waals surface area contributed by atoms with Crippen LogP contribution in [0.4, 0.5) is 4.39 Å². The predicted molar refractivity (Wildman–Crippen MR) is 170 cm³/mol. The molecule has 0 amide bonds. The molecule has 4 heterocycles. The molecule has 0 saturated heterocycles. The number of rotatable bonds is 16. The molecule has 0 aliphatic heterocycles. The smallest absolute Gasteiger partial charge is 0.177 e. The Bertz CT molecular complexity index is 1340. The van der Waals surface area contributed by atoms with Crippen molar-refractivity contribution < 1.29 is 4.39 Å². The van der Waals surface area contributed by atoms with Crippen LogP contribution in [-0.4, -0.2) is 15.0 Å². The fourth-order valence-corrected chi connectivity index (χ4v) is 8.26. The van der Waals surface area contributed by atoms with Gasteiger partial charge in [0.15, 0.2) is 5.13 Å². The fraction of sp³-hybridized carbons (Fsp3) is 0.500. The van der Waals surface area contributed by atoms with Crippen molar-refractivity contribution in [2.24, 2.45) is 5.92 Å². The summed E-state index contributed by atoms with van der Waals surface area (Å²) in [6.45, 7) is 5.41. The number of unbranched alkanes of at least 4 members (excludes halogenated alkanes) is 8. The van der Waals surface area contributed by atoms with Crippen LogP contribution in [-0.2, 0) is 6.54 Å². The van der Waals surface area contributed by atoms with Gasteiger partial charge in [-0.3, -0.25) is 0 Å². The lowest BCUT2D eigenvalue weighted by Gasteiger charge is -2.16. The van der Waals surface area contributed by atoms with E-state index in [1.54, 1.807) is 28.7 Å². The van der Waals surface area contributed by atoms with Crippen molar-refractivity contribution >= 4 is 55.1 Å². The predicted octanol–water partition coefficient (Wildman–Crippen LogP) is 11.6. The van der Waals surface area contributed by atoms with Gasteiger partial charge in [0.2, 0.25) is 0 Å². The first-order valence-corrected chi connectivity index (χ1v) is 17.3. The van der Waals surface area contributed by atoms with Crippen LogP contribution in [0.1, 0.15) is 90.9 Å². The van der Waals surface area contributed by atoms with Gasteiger partial charge in [0.1, 0.15) is 11.0 Å². The monoisotopic (exact) mass is 581 g/mol. The van der Waals surface area contributed by atoms with Crippen LogP contribution in [0.5, 0.6) is 0 Å². The van der Waals surface area contributed by atoms with Crippen molar-refractivity contribution in [3.05, 3.63) is 46.2 Å². The van der Waals surface area contributed by atoms with Gasteiger partial charge >= 0.3 is 0 Å². The van der Waals surface area contributed by atoms with Gasteiger partial charge in [-0.15, -0.1) is 34.0 Å². The Kier molecular flexibility index (Phi) is 10.2. The number of hydrogen-bond donors (Lipinski definition) is 0. The van der Waals surface area contributed by atoms with E-state index < -0.39 is 0 Å². The molecule has 1 aromatic carbocycles. The van der Waals surface area contributed by atoms with Crippen LogP contribution >= 0.6 is 34.0 Å². The summed E-state index contributed by atoms with van der Waals surface area (Å²) < 4.78 is 15.7. The van der Waals surface area contributed by atoms with Gasteiger partial charge in [-0.25, -0.2) is 0 Å². The zero-order chi connectivity index (χ0) is 27.0. The molecule has 0 fully saturated rings. The van der Waals surface area contributed by atoms with Crippen LogP contribution in [0, 0.1) is 11.0 Å². The van der Waals surface area contributed by atoms with Crippen molar-refractivity contribution in [3.63, 3.8) is 0 Å². The number of halogens is 1. The number of hydrogen-bond acceptors (Lipinski definition) is 5. The lowest BCUT2D eigenvalue weighted by molar-refractivity contribution is 0.327. The zero-order valence-corrected chi connectivity index (χ0v) is 25.7. The Morgan fingerprint density at radius 2 is 1.33 bits per heavy atom. The number of benzene rings is 1. The Morgan fingerprint density at radius 1 is 0.769 bits per heavy atom. The van der Waals surface area contributed by atoms with Gasteiger partial charge in [0.25, 0.3) is 0 Å². The summed E-state index contributed by atoms with van der Waals surface area (Å²) in [4.78, 5) is 4.22. The highest BCUT2D eigenvalue weighted by atomic mass is 32.1. The molecular formula is C32H40FN3S3. The molecule has 0 spiro atoms. The molecular weight excluding hydrogens is 542 g/mol. The third-order valence-corrected chi connectivity index (χ3v) is 10.4. The average Bonchev–Trinajstić information content (AvgIpc) is 3.74. The van der Waals surface area contributed by atoms with Gasteiger partial charge in [0, 0.05) is 31.0 Å². The molecule has 1 atom stereocenters. The maximum atomic E-state index is 14.7. The highest BCUT2D eigenvalue weighted by molar-refractivity contribution is 7.20. The third kappa shape index (κ3) is 6.80. The van der Waals surface area contributed by atoms with Crippen molar-refractivity contribution in [1.82, 2.24) is 15.0 Å². The molecule has 0 radical (unpaired) electrons. The second kappa shape index (κ2) is 14.0.